The van der Waals surface area contributed by atoms with Crippen molar-refractivity contribution in [3.05, 3.63) is 51.7 Å². The van der Waals surface area contributed by atoms with Crippen LogP contribution in [0.1, 0.15) is 28.0 Å². The van der Waals surface area contributed by atoms with Gasteiger partial charge in [-0.05, 0) is 25.5 Å². The van der Waals surface area contributed by atoms with Crippen LogP contribution in [-0.2, 0) is 4.79 Å². The van der Waals surface area contributed by atoms with Crippen molar-refractivity contribution in [2.75, 3.05) is 54.9 Å². The quantitative estimate of drug-likeness (QED) is 0.347. The Morgan fingerprint density at radius 1 is 1.16 bits per heavy atom. The van der Waals surface area contributed by atoms with E-state index in [0.29, 0.717) is 38.9 Å². The Kier molecular flexibility index (Phi) is 10.1. The van der Waals surface area contributed by atoms with E-state index in [0.717, 1.165) is 44.5 Å². The van der Waals surface area contributed by atoms with E-state index in [2.05, 4.69) is 35.4 Å². The van der Waals surface area contributed by atoms with Gasteiger partial charge in [-0.25, -0.2) is 15.0 Å². The maximum absolute atomic E-state index is 12.7. The number of piperazine rings is 1. The second kappa shape index (κ2) is 13.3. The molecule has 1 fully saturated rings. The average molecular weight is 548 g/mol. The van der Waals surface area contributed by atoms with Crippen molar-refractivity contribution >= 4 is 57.3 Å². The Morgan fingerprint density at radius 3 is 2.51 bits per heavy atom. The third-order valence-corrected chi connectivity index (χ3v) is 6.59. The molecule has 198 valence electrons. The Balaban J connectivity index is 0.000000886. The van der Waals surface area contributed by atoms with Gasteiger partial charge in [0, 0.05) is 45.7 Å². The van der Waals surface area contributed by atoms with Gasteiger partial charge in [0.2, 0.25) is 0 Å². The summed E-state index contributed by atoms with van der Waals surface area (Å²) >= 11 is 7.46. The summed E-state index contributed by atoms with van der Waals surface area (Å²) in [5.74, 6) is 1.02. The van der Waals surface area contributed by atoms with Crippen LogP contribution >= 0.6 is 22.9 Å². The number of aliphatic hydroxyl groups excluding tert-OH is 1. The number of amides is 1. The number of aliphatic carboxylic acids is 1. The van der Waals surface area contributed by atoms with E-state index in [1.54, 1.807) is 6.07 Å². The molecule has 2 aromatic heterocycles. The van der Waals surface area contributed by atoms with E-state index in [-0.39, 0.29) is 12.5 Å². The number of halogens is 1. The molecule has 1 aromatic carbocycles. The molecule has 4 N–H and O–H groups in total. The van der Waals surface area contributed by atoms with Crippen molar-refractivity contribution in [3.63, 3.8) is 0 Å². The molecule has 1 amide bonds. The van der Waals surface area contributed by atoms with Crippen molar-refractivity contribution < 1.29 is 19.8 Å². The molecule has 1 saturated heterocycles. The Bertz CT molecular complexity index is 1210. The molecule has 3 heterocycles. The molecular formula is C24H30ClN7O4S. The molecule has 0 saturated carbocycles. The van der Waals surface area contributed by atoms with E-state index in [4.69, 9.17) is 26.6 Å². The van der Waals surface area contributed by atoms with Crippen LogP contribution in [0.5, 0.6) is 0 Å². The van der Waals surface area contributed by atoms with E-state index < -0.39 is 5.97 Å². The van der Waals surface area contributed by atoms with Crippen molar-refractivity contribution in [2.24, 2.45) is 0 Å². The van der Waals surface area contributed by atoms with Crippen LogP contribution in [0.25, 0.3) is 0 Å². The normalized spacial score (nSPS) is 13.5. The number of carboxylic acids is 1. The lowest BCUT2D eigenvalue weighted by Crippen LogP contribution is -2.47. The SMILES string of the molecule is CC(=O)O.Cc1nc(Nc2ncc(C(=O)Nc3c(C)cccc3Cl)s2)cc(N2CCN(CCO)CC2)n1. The highest BCUT2D eigenvalue weighted by Gasteiger charge is 2.19. The number of benzene rings is 1. The summed E-state index contributed by atoms with van der Waals surface area (Å²) in [6.45, 7) is 9.11. The summed E-state index contributed by atoms with van der Waals surface area (Å²) < 4.78 is 0. The molecule has 0 atom stereocenters. The lowest BCUT2D eigenvalue weighted by Gasteiger charge is -2.35. The highest BCUT2D eigenvalue weighted by molar-refractivity contribution is 7.17. The van der Waals surface area contributed by atoms with E-state index >= 15 is 0 Å². The zero-order valence-electron chi connectivity index (χ0n) is 20.9. The van der Waals surface area contributed by atoms with E-state index in [1.165, 1.54) is 17.5 Å². The number of aromatic nitrogens is 3. The highest BCUT2D eigenvalue weighted by Crippen LogP contribution is 2.28. The van der Waals surface area contributed by atoms with Gasteiger partial charge >= 0.3 is 0 Å². The molecule has 1 aliphatic rings. The molecule has 3 aromatic rings. The zero-order chi connectivity index (χ0) is 26.9. The molecule has 0 spiro atoms. The van der Waals surface area contributed by atoms with Gasteiger partial charge in [0.15, 0.2) is 5.13 Å². The van der Waals surface area contributed by atoms with E-state index in [1.807, 2.05) is 32.0 Å². The average Bonchev–Trinajstić information content (AvgIpc) is 3.30. The highest BCUT2D eigenvalue weighted by atomic mass is 35.5. The predicted octanol–water partition coefficient (Wildman–Crippen LogP) is 3.40. The Hall–Kier alpha value is -3.32. The topological polar surface area (TPSA) is 144 Å². The molecule has 0 aliphatic carbocycles. The lowest BCUT2D eigenvalue weighted by molar-refractivity contribution is -0.134. The number of para-hydroxylation sites is 1. The fourth-order valence-electron chi connectivity index (χ4n) is 3.63. The van der Waals surface area contributed by atoms with Gasteiger partial charge in [-0.3, -0.25) is 14.5 Å². The van der Waals surface area contributed by atoms with Crippen LogP contribution in [0.2, 0.25) is 5.02 Å². The molecule has 37 heavy (non-hydrogen) atoms. The maximum Gasteiger partial charge on any atom is 0.300 e. The van der Waals surface area contributed by atoms with Gasteiger partial charge in [-0.15, -0.1) is 0 Å². The number of hydrogen-bond acceptors (Lipinski definition) is 10. The summed E-state index contributed by atoms with van der Waals surface area (Å²) in [7, 11) is 0. The number of anilines is 4. The fraction of sp³-hybridized carbons (Fsp3) is 0.375. The molecule has 1 aliphatic heterocycles. The van der Waals surface area contributed by atoms with Gasteiger partial charge < -0.3 is 25.7 Å². The monoisotopic (exact) mass is 547 g/mol. The van der Waals surface area contributed by atoms with Crippen LogP contribution in [0.15, 0.2) is 30.5 Å². The first kappa shape index (κ1) is 28.3. The number of nitrogens with one attached hydrogen (secondary N) is 2. The van der Waals surface area contributed by atoms with Crippen molar-refractivity contribution in [1.82, 2.24) is 19.9 Å². The van der Waals surface area contributed by atoms with Gasteiger partial charge in [0.05, 0.1) is 23.5 Å². The smallest absolute Gasteiger partial charge is 0.300 e. The maximum atomic E-state index is 12.7. The number of carbonyl (C=O) groups is 2. The Labute approximate surface area is 224 Å². The standard InChI is InChI=1S/C22H26ClN7O2S.C2H4O2/c1-14-4-3-5-16(23)20(14)28-21(32)17-13-24-22(33-17)27-18-12-19(26-15(2)25-18)30-8-6-29(7-9-30)10-11-31;1-2(3)4/h3-5,12-13,31H,6-11H2,1-2H3,(H,28,32)(H,24,25,26,27);1H3,(H,3,4). The molecule has 11 nitrogen and oxygen atoms in total. The molecule has 0 unspecified atom stereocenters. The molecule has 4 rings (SSSR count). The molecule has 0 bridgehead atoms. The summed E-state index contributed by atoms with van der Waals surface area (Å²) in [5, 5.41) is 23.7. The number of β-amino-alcohol motifs (C(OH)–C–C–N with tert-alkyl or cyclic N) is 1. The van der Waals surface area contributed by atoms with Crippen LogP contribution in [-0.4, -0.2) is 81.3 Å². The summed E-state index contributed by atoms with van der Waals surface area (Å²) in [6.07, 6.45) is 1.53. The number of nitrogens with zero attached hydrogens (tertiary/aromatic N) is 5. The number of rotatable bonds is 7. The molecule has 0 radical (unpaired) electrons. The zero-order valence-corrected chi connectivity index (χ0v) is 22.4. The van der Waals surface area contributed by atoms with Crippen LogP contribution in [0.4, 0.5) is 22.5 Å². The Morgan fingerprint density at radius 2 is 1.86 bits per heavy atom. The number of thiazole rings is 1. The first-order valence-electron chi connectivity index (χ1n) is 11.6. The van der Waals surface area contributed by atoms with Crippen LogP contribution in [0.3, 0.4) is 0 Å². The number of aliphatic hydroxyl groups is 1. The second-order valence-corrected chi connectivity index (χ2v) is 9.71. The van der Waals surface area contributed by atoms with Gasteiger partial charge in [0.25, 0.3) is 11.9 Å². The van der Waals surface area contributed by atoms with Crippen molar-refractivity contribution in [3.8, 4) is 0 Å². The minimum Gasteiger partial charge on any atom is -0.481 e. The van der Waals surface area contributed by atoms with Gasteiger partial charge in [0.1, 0.15) is 22.3 Å². The summed E-state index contributed by atoms with van der Waals surface area (Å²) in [5.41, 5.74) is 1.49. The van der Waals surface area contributed by atoms with Gasteiger partial charge in [-0.2, -0.15) is 0 Å². The fourth-order valence-corrected chi connectivity index (χ4v) is 4.62. The lowest BCUT2D eigenvalue weighted by atomic mass is 10.2. The largest absolute Gasteiger partial charge is 0.481 e. The molecule has 13 heteroatoms. The first-order chi connectivity index (χ1) is 17.7. The first-order valence-corrected chi connectivity index (χ1v) is 12.8. The third-order valence-electron chi connectivity index (χ3n) is 5.36. The van der Waals surface area contributed by atoms with Crippen LogP contribution < -0.4 is 15.5 Å². The minimum atomic E-state index is -0.833. The summed E-state index contributed by atoms with van der Waals surface area (Å²) in [4.78, 5) is 40.0. The number of carbonyl (C=O) groups excluding carboxylic acids is 1. The third kappa shape index (κ3) is 8.35. The van der Waals surface area contributed by atoms with Crippen LogP contribution in [0, 0.1) is 13.8 Å². The van der Waals surface area contributed by atoms with E-state index in [9.17, 15) is 4.79 Å². The number of carboxylic acid groups (broad SMARTS) is 1. The predicted molar refractivity (Wildman–Crippen MR) is 145 cm³/mol. The second-order valence-electron chi connectivity index (χ2n) is 8.27. The minimum absolute atomic E-state index is 0.173. The summed E-state index contributed by atoms with van der Waals surface area (Å²) in [6, 6.07) is 7.37. The van der Waals surface area contributed by atoms with Crippen molar-refractivity contribution in [1.29, 1.82) is 0 Å². The number of aryl methyl sites for hydroxylation is 2. The van der Waals surface area contributed by atoms with Gasteiger partial charge in [-0.1, -0.05) is 35.1 Å². The van der Waals surface area contributed by atoms with Crippen molar-refractivity contribution in [2.45, 2.75) is 20.8 Å². The molecular weight excluding hydrogens is 518 g/mol. The number of hydrogen-bond donors (Lipinski definition) is 4.